The Bertz CT molecular complexity index is 177. The molecule has 0 bridgehead atoms. The van der Waals surface area contributed by atoms with Crippen LogP contribution >= 0.6 is 0 Å². The quantitative estimate of drug-likeness (QED) is 0.479. The summed E-state index contributed by atoms with van der Waals surface area (Å²) in [6, 6.07) is 0. The molecular formula is C10H15. The zero-order valence-electron chi connectivity index (χ0n) is 7.23. The lowest BCUT2D eigenvalue weighted by Gasteiger charge is -2.22. The van der Waals surface area contributed by atoms with Gasteiger partial charge in [0.05, 0.1) is 0 Å². The first kappa shape index (κ1) is 7.59. The summed E-state index contributed by atoms with van der Waals surface area (Å²) in [6.45, 7) is 8.85. The highest BCUT2D eigenvalue weighted by atomic mass is 14.3. The lowest BCUT2D eigenvalue weighted by atomic mass is 9.82. The maximum absolute atomic E-state index is 3.33. The molecule has 0 saturated heterocycles. The highest BCUT2D eigenvalue weighted by Gasteiger charge is 2.22. The first-order valence-electron chi connectivity index (χ1n) is 3.78. The summed E-state index contributed by atoms with van der Waals surface area (Å²) in [7, 11) is 0. The van der Waals surface area contributed by atoms with Crippen molar-refractivity contribution in [1.82, 2.24) is 0 Å². The molecule has 55 valence electrons. The minimum atomic E-state index is 0.342. The second kappa shape index (κ2) is 2.26. The smallest absolute Gasteiger partial charge is 0.00753 e. The summed E-state index contributed by atoms with van der Waals surface area (Å²) in [4.78, 5) is 0. The lowest BCUT2D eigenvalue weighted by Crippen LogP contribution is -2.15. The average molecular weight is 135 g/mol. The summed E-state index contributed by atoms with van der Waals surface area (Å²) in [5.41, 5.74) is 1.69. The van der Waals surface area contributed by atoms with Crippen molar-refractivity contribution in [2.45, 2.75) is 27.7 Å². The maximum atomic E-state index is 3.33. The zero-order valence-corrected chi connectivity index (χ0v) is 7.23. The van der Waals surface area contributed by atoms with Crippen LogP contribution < -0.4 is 0 Å². The van der Waals surface area contributed by atoms with E-state index in [1.807, 2.05) is 0 Å². The fraction of sp³-hybridized carbons (Fsp3) is 0.600. The van der Waals surface area contributed by atoms with E-state index in [1.54, 1.807) is 0 Å². The molecule has 1 atom stereocenters. The molecule has 0 N–H and O–H groups in total. The molecule has 1 unspecified atom stereocenters. The van der Waals surface area contributed by atoms with Gasteiger partial charge in [0.2, 0.25) is 0 Å². The molecule has 1 radical (unpaired) electrons. The maximum Gasteiger partial charge on any atom is 0.00753 e. The molecule has 0 spiro atoms. The predicted molar refractivity (Wildman–Crippen MR) is 44.5 cm³/mol. The molecule has 0 fully saturated rings. The molecule has 1 aliphatic carbocycles. The number of hydrogen-bond acceptors (Lipinski definition) is 0. The van der Waals surface area contributed by atoms with Gasteiger partial charge in [0.15, 0.2) is 0 Å². The Balaban J connectivity index is 2.72. The Morgan fingerprint density at radius 1 is 1.40 bits per heavy atom. The number of allylic oxidation sites excluding steroid dienone is 4. The van der Waals surface area contributed by atoms with Crippen molar-refractivity contribution >= 4 is 0 Å². The van der Waals surface area contributed by atoms with E-state index in [4.69, 9.17) is 0 Å². The van der Waals surface area contributed by atoms with Gasteiger partial charge in [-0.2, -0.15) is 0 Å². The van der Waals surface area contributed by atoms with Gasteiger partial charge in [-0.1, -0.05) is 38.5 Å². The topological polar surface area (TPSA) is 0 Å². The molecule has 10 heavy (non-hydrogen) atoms. The Morgan fingerprint density at radius 3 is 2.20 bits per heavy atom. The summed E-state index contributed by atoms with van der Waals surface area (Å²) in [5.74, 6) is 0.521. The second-order valence-electron chi connectivity index (χ2n) is 4.07. The van der Waals surface area contributed by atoms with Crippen molar-refractivity contribution in [3.63, 3.8) is 0 Å². The average Bonchev–Trinajstić information content (AvgIpc) is 2.11. The van der Waals surface area contributed by atoms with Crippen molar-refractivity contribution in [3.8, 4) is 0 Å². The van der Waals surface area contributed by atoms with Crippen LogP contribution in [0.25, 0.3) is 0 Å². The second-order valence-corrected chi connectivity index (χ2v) is 4.07. The van der Waals surface area contributed by atoms with Crippen LogP contribution in [0.15, 0.2) is 17.7 Å². The Kier molecular flexibility index (Phi) is 1.72. The molecule has 0 nitrogen and oxygen atoms in total. The van der Waals surface area contributed by atoms with Gasteiger partial charge in [0.25, 0.3) is 0 Å². The molecule has 0 amide bonds. The van der Waals surface area contributed by atoms with Gasteiger partial charge in [0.1, 0.15) is 0 Å². The zero-order chi connectivity index (χ0) is 7.78. The van der Waals surface area contributed by atoms with Crippen LogP contribution in [0.2, 0.25) is 0 Å². The van der Waals surface area contributed by atoms with Crippen molar-refractivity contribution in [3.05, 3.63) is 23.8 Å². The van der Waals surface area contributed by atoms with Gasteiger partial charge in [-0.15, -0.1) is 0 Å². The molecule has 1 aliphatic rings. The van der Waals surface area contributed by atoms with E-state index in [-0.39, 0.29) is 0 Å². The van der Waals surface area contributed by atoms with Gasteiger partial charge >= 0.3 is 0 Å². The molecule has 0 heteroatoms. The van der Waals surface area contributed by atoms with Crippen LogP contribution in [0.4, 0.5) is 0 Å². The molecule has 0 aromatic heterocycles. The van der Waals surface area contributed by atoms with E-state index in [9.17, 15) is 0 Å². The Hall–Kier alpha value is -0.520. The monoisotopic (exact) mass is 135 g/mol. The fourth-order valence-corrected chi connectivity index (χ4v) is 1.08. The van der Waals surface area contributed by atoms with Crippen LogP contribution in [0.3, 0.4) is 0 Å². The van der Waals surface area contributed by atoms with E-state index in [1.165, 1.54) is 5.57 Å². The van der Waals surface area contributed by atoms with Crippen LogP contribution in [-0.2, 0) is 0 Å². The molecule has 0 heterocycles. The largest absolute Gasteiger partial charge is 0.0735 e. The normalized spacial score (nSPS) is 25.2. The highest BCUT2D eigenvalue weighted by molar-refractivity contribution is 5.25. The summed E-state index contributed by atoms with van der Waals surface area (Å²) in [5, 5.41) is 0. The van der Waals surface area contributed by atoms with Crippen LogP contribution in [0.1, 0.15) is 27.7 Å². The SMILES string of the molecule is CC1=CC(C(C)(C)C)[C]=C1. The van der Waals surface area contributed by atoms with Crippen LogP contribution in [-0.4, -0.2) is 0 Å². The van der Waals surface area contributed by atoms with Crippen molar-refractivity contribution < 1.29 is 0 Å². The third-order valence-corrected chi connectivity index (χ3v) is 1.85. The van der Waals surface area contributed by atoms with E-state index in [0.717, 1.165) is 0 Å². The summed E-state index contributed by atoms with van der Waals surface area (Å²) >= 11 is 0. The van der Waals surface area contributed by atoms with Gasteiger partial charge in [-0.25, -0.2) is 0 Å². The number of hydrogen-bond donors (Lipinski definition) is 0. The molecular weight excluding hydrogens is 120 g/mol. The lowest BCUT2D eigenvalue weighted by molar-refractivity contribution is 0.339. The third-order valence-electron chi connectivity index (χ3n) is 1.85. The van der Waals surface area contributed by atoms with Crippen molar-refractivity contribution in [2.75, 3.05) is 0 Å². The minimum Gasteiger partial charge on any atom is -0.0735 e. The highest BCUT2D eigenvalue weighted by Crippen LogP contribution is 2.31. The predicted octanol–water partition coefficient (Wildman–Crippen LogP) is 2.97. The van der Waals surface area contributed by atoms with Gasteiger partial charge < -0.3 is 0 Å². The first-order valence-corrected chi connectivity index (χ1v) is 3.78. The molecule has 0 aromatic rings. The molecule has 0 aromatic carbocycles. The van der Waals surface area contributed by atoms with Gasteiger partial charge in [-0.3, -0.25) is 0 Å². The third kappa shape index (κ3) is 1.50. The van der Waals surface area contributed by atoms with Gasteiger partial charge in [0, 0.05) is 5.92 Å². The summed E-state index contributed by atoms with van der Waals surface area (Å²) < 4.78 is 0. The summed E-state index contributed by atoms with van der Waals surface area (Å²) in [6.07, 6.45) is 7.69. The van der Waals surface area contributed by atoms with Crippen LogP contribution in [0.5, 0.6) is 0 Å². The van der Waals surface area contributed by atoms with Crippen LogP contribution in [0, 0.1) is 17.4 Å². The number of rotatable bonds is 0. The van der Waals surface area contributed by atoms with E-state index in [2.05, 4.69) is 45.9 Å². The fourth-order valence-electron chi connectivity index (χ4n) is 1.08. The van der Waals surface area contributed by atoms with Crippen molar-refractivity contribution in [1.29, 1.82) is 0 Å². The standard InChI is InChI=1S/C10H15/c1-8-5-6-9(7-8)10(2,3)4/h5,7,9H,1-4H3. The Morgan fingerprint density at radius 2 is 2.00 bits per heavy atom. The van der Waals surface area contributed by atoms with Crippen molar-refractivity contribution in [2.24, 2.45) is 11.3 Å². The first-order chi connectivity index (χ1) is 4.50. The minimum absolute atomic E-state index is 0.342. The Labute approximate surface area is 63.6 Å². The van der Waals surface area contributed by atoms with E-state index in [0.29, 0.717) is 11.3 Å². The van der Waals surface area contributed by atoms with E-state index >= 15 is 0 Å². The molecule has 0 saturated carbocycles. The van der Waals surface area contributed by atoms with Gasteiger partial charge in [-0.05, 0) is 18.4 Å². The van der Waals surface area contributed by atoms with E-state index < -0.39 is 0 Å². The molecule has 0 aliphatic heterocycles. The molecule has 1 rings (SSSR count).